The minimum absolute atomic E-state index is 0.0173. The quantitative estimate of drug-likeness (QED) is 0.145. The van der Waals surface area contributed by atoms with E-state index in [1.54, 1.807) is 38.5 Å². The van der Waals surface area contributed by atoms with Crippen LogP contribution >= 0.6 is 0 Å². The van der Waals surface area contributed by atoms with E-state index >= 15 is 0 Å². The number of amides is 1. The monoisotopic (exact) mass is 680 g/mol. The number of carbonyl (C=O) groups is 2. The van der Waals surface area contributed by atoms with Gasteiger partial charge in [0.25, 0.3) is 5.56 Å². The van der Waals surface area contributed by atoms with Crippen LogP contribution in [-0.4, -0.2) is 83.8 Å². The Morgan fingerprint density at radius 3 is 2.44 bits per heavy atom. The van der Waals surface area contributed by atoms with Crippen LogP contribution < -0.4 is 20.8 Å². The molecule has 12 nitrogen and oxygen atoms in total. The van der Waals surface area contributed by atoms with Crippen molar-refractivity contribution in [3.8, 4) is 11.1 Å². The molecule has 6 rings (SSSR count). The molecule has 5 heterocycles. The smallest absolute Gasteiger partial charge is 0.274 e. The Balaban J connectivity index is 1.24. The Morgan fingerprint density at radius 2 is 1.82 bits per heavy atom. The molecule has 13 heteroatoms. The predicted molar refractivity (Wildman–Crippen MR) is 192 cm³/mol. The number of aldehydes is 1. The lowest BCUT2D eigenvalue weighted by molar-refractivity contribution is -0.107. The van der Waals surface area contributed by atoms with Crippen molar-refractivity contribution in [3.63, 3.8) is 0 Å². The second-order valence-corrected chi connectivity index (χ2v) is 13.6. The highest BCUT2D eigenvalue weighted by atomic mass is 19.1. The van der Waals surface area contributed by atoms with Crippen molar-refractivity contribution in [1.29, 1.82) is 0 Å². The van der Waals surface area contributed by atoms with Gasteiger partial charge in [0, 0.05) is 56.7 Å². The van der Waals surface area contributed by atoms with Crippen LogP contribution in [0.1, 0.15) is 47.8 Å². The van der Waals surface area contributed by atoms with E-state index < -0.39 is 0 Å². The molecule has 0 spiro atoms. The first-order chi connectivity index (χ1) is 24.0. The van der Waals surface area contributed by atoms with Gasteiger partial charge in [0.05, 0.1) is 42.9 Å². The Bertz CT molecular complexity index is 1980. The van der Waals surface area contributed by atoms with Gasteiger partial charge < -0.3 is 19.5 Å². The third-order valence-electron chi connectivity index (χ3n) is 9.30. The molecule has 50 heavy (non-hydrogen) atoms. The lowest BCUT2D eigenvalue weighted by atomic mass is 9.85. The van der Waals surface area contributed by atoms with Gasteiger partial charge in [0.1, 0.15) is 17.3 Å². The van der Waals surface area contributed by atoms with Crippen molar-refractivity contribution in [3.05, 3.63) is 93.4 Å². The van der Waals surface area contributed by atoms with E-state index in [0.717, 1.165) is 55.7 Å². The van der Waals surface area contributed by atoms with E-state index in [1.807, 2.05) is 39.0 Å². The molecule has 2 aliphatic heterocycles. The highest BCUT2D eigenvalue weighted by Gasteiger charge is 2.29. The number of piperazine rings is 1. The molecule has 0 bridgehead atoms. The molecular weight excluding hydrogens is 639 g/mol. The number of hydrogen-bond acceptors (Lipinski definition) is 10. The van der Waals surface area contributed by atoms with Crippen molar-refractivity contribution in [2.24, 2.45) is 12.1 Å². The molecule has 0 radical (unpaired) electrons. The zero-order chi connectivity index (χ0) is 35.6. The Morgan fingerprint density at radius 1 is 1.06 bits per heavy atom. The maximum Gasteiger partial charge on any atom is 0.274 e. The second kappa shape index (κ2) is 14.3. The summed E-state index contributed by atoms with van der Waals surface area (Å²) in [4.78, 5) is 51.6. The molecule has 0 saturated carbocycles. The highest BCUT2D eigenvalue weighted by Crippen LogP contribution is 2.31. The number of hydrogen-bond donors (Lipinski definition) is 1. The zero-order valence-corrected chi connectivity index (χ0v) is 28.9. The first-order valence-electron chi connectivity index (χ1n) is 16.5. The molecule has 0 atom stereocenters. The number of ether oxygens (including phenoxy) is 1. The van der Waals surface area contributed by atoms with Crippen LogP contribution in [0, 0.1) is 12.7 Å². The van der Waals surface area contributed by atoms with Crippen LogP contribution in [0.4, 0.5) is 27.4 Å². The number of anilines is 4. The number of hydrazone groups is 1. The summed E-state index contributed by atoms with van der Waals surface area (Å²) < 4.78 is 21.5. The molecule has 260 valence electrons. The Kier molecular flexibility index (Phi) is 9.89. The normalized spacial score (nSPS) is 15.6. The van der Waals surface area contributed by atoms with Crippen LogP contribution in [-0.2, 0) is 22.0 Å². The molecule has 4 aromatic rings. The molecule has 0 aliphatic carbocycles. The Labute approximate surface area is 290 Å². The zero-order valence-electron chi connectivity index (χ0n) is 28.9. The summed E-state index contributed by atoms with van der Waals surface area (Å²) in [6.45, 7) is 12.9. The second-order valence-electron chi connectivity index (χ2n) is 13.6. The standard InChI is InChI=1S/C37H41FN8O4/c1-24-25(14-27(16-32(24)38)37(2,3)4)17-41-46(23-48)35-31(20-47)30(8-9-39-35)26-15-33(36(49)43(5)19-26)42-34-7-6-28(18-40-34)44-10-12-45(13-11-44)29-21-50-22-29/h6-9,14-20,23,29H,10-13,21-22H2,1-5H3,(H,40,42)/b41-17-. The van der Waals surface area contributed by atoms with E-state index in [2.05, 4.69) is 30.2 Å². The molecule has 2 saturated heterocycles. The van der Waals surface area contributed by atoms with Gasteiger partial charge in [-0.15, -0.1) is 0 Å². The lowest BCUT2D eigenvalue weighted by Crippen LogP contribution is -2.56. The van der Waals surface area contributed by atoms with E-state index in [9.17, 15) is 18.8 Å². The van der Waals surface area contributed by atoms with E-state index in [-0.39, 0.29) is 33.9 Å². The summed E-state index contributed by atoms with van der Waals surface area (Å²) in [6, 6.07) is 10.9. The molecule has 2 fully saturated rings. The lowest BCUT2D eigenvalue weighted by Gasteiger charge is -2.43. The van der Waals surface area contributed by atoms with Crippen LogP contribution in [0.25, 0.3) is 11.1 Å². The number of pyridine rings is 3. The van der Waals surface area contributed by atoms with Gasteiger partial charge in [-0.1, -0.05) is 20.8 Å². The van der Waals surface area contributed by atoms with Crippen LogP contribution in [0.3, 0.4) is 0 Å². The molecule has 1 N–H and O–H groups in total. The van der Waals surface area contributed by atoms with E-state index in [1.165, 1.54) is 23.0 Å². The summed E-state index contributed by atoms with van der Waals surface area (Å²) >= 11 is 0. The first-order valence-corrected chi connectivity index (χ1v) is 16.5. The average molecular weight is 681 g/mol. The third-order valence-corrected chi connectivity index (χ3v) is 9.30. The van der Waals surface area contributed by atoms with Gasteiger partial charge in [-0.2, -0.15) is 10.1 Å². The minimum Gasteiger partial charge on any atom is -0.378 e. The number of halogens is 1. The van der Waals surface area contributed by atoms with Gasteiger partial charge in [0.15, 0.2) is 12.1 Å². The van der Waals surface area contributed by atoms with Gasteiger partial charge >= 0.3 is 0 Å². The van der Waals surface area contributed by atoms with Crippen LogP contribution in [0.2, 0.25) is 0 Å². The van der Waals surface area contributed by atoms with Gasteiger partial charge in [-0.3, -0.25) is 19.3 Å². The Hall–Kier alpha value is -5.27. The molecule has 0 unspecified atom stereocenters. The van der Waals surface area contributed by atoms with Crippen molar-refractivity contribution in [2.45, 2.75) is 39.2 Å². The van der Waals surface area contributed by atoms with Gasteiger partial charge in [-0.05, 0) is 65.4 Å². The summed E-state index contributed by atoms with van der Waals surface area (Å²) in [7, 11) is 1.61. The number of aromatic nitrogens is 3. The SMILES string of the molecule is Cc1c(F)cc(C(C)(C)C)cc1/C=N\N(C=O)c1nccc(-c2cc(Nc3ccc(N4CCN(C5COC5)CC4)cn3)c(=O)n(C)c2)c1C=O. The predicted octanol–water partition coefficient (Wildman–Crippen LogP) is 4.66. The average Bonchev–Trinajstić information content (AvgIpc) is 3.08. The van der Waals surface area contributed by atoms with Gasteiger partial charge in [-0.25, -0.2) is 14.4 Å². The van der Waals surface area contributed by atoms with E-state index in [4.69, 9.17) is 4.74 Å². The van der Waals surface area contributed by atoms with Gasteiger partial charge in [0.2, 0.25) is 6.41 Å². The fraction of sp³-hybridized carbons (Fsp3) is 0.351. The number of nitrogens with zero attached hydrogens (tertiary/aromatic N) is 7. The van der Waals surface area contributed by atoms with Crippen molar-refractivity contribution in [2.75, 3.05) is 54.6 Å². The largest absolute Gasteiger partial charge is 0.378 e. The minimum atomic E-state index is -0.385. The van der Waals surface area contributed by atoms with Crippen molar-refractivity contribution < 1.29 is 18.7 Å². The van der Waals surface area contributed by atoms with Crippen molar-refractivity contribution >= 4 is 41.9 Å². The topological polar surface area (TPSA) is 125 Å². The number of nitrogens with one attached hydrogen (secondary N) is 1. The molecule has 3 aromatic heterocycles. The molecule has 1 amide bonds. The summed E-state index contributed by atoms with van der Waals surface area (Å²) in [6.07, 6.45) is 7.25. The number of rotatable bonds is 10. The summed E-state index contributed by atoms with van der Waals surface area (Å²) in [5.41, 5.74) is 3.32. The fourth-order valence-electron chi connectivity index (χ4n) is 6.05. The highest BCUT2D eigenvalue weighted by molar-refractivity contribution is 5.97. The summed E-state index contributed by atoms with van der Waals surface area (Å²) in [5.74, 6) is 0.0866. The number of carbonyl (C=O) groups excluding carboxylic acids is 2. The molecule has 2 aliphatic rings. The maximum absolute atomic E-state index is 14.8. The third kappa shape index (κ3) is 7.19. The molecular formula is C37H41FN8O4. The molecule has 1 aromatic carbocycles. The van der Waals surface area contributed by atoms with E-state index in [0.29, 0.717) is 46.8 Å². The van der Waals surface area contributed by atoms with Crippen LogP contribution in [0.5, 0.6) is 0 Å². The fourth-order valence-corrected chi connectivity index (χ4v) is 6.05. The maximum atomic E-state index is 14.8. The summed E-state index contributed by atoms with van der Waals surface area (Å²) in [5, 5.41) is 8.34. The number of aryl methyl sites for hydroxylation is 1. The first kappa shape index (κ1) is 34.6. The van der Waals surface area contributed by atoms with Crippen LogP contribution in [0.15, 0.2) is 64.9 Å². The number of benzene rings is 1. The van der Waals surface area contributed by atoms with Crippen molar-refractivity contribution in [1.82, 2.24) is 19.4 Å².